The summed E-state index contributed by atoms with van der Waals surface area (Å²) in [6, 6.07) is 6.60. The molecule has 0 spiro atoms. The van der Waals surface area contributed by atoms with Gasteiger partial charge >= 0.3 is 0 Å². The molecule has 0 radical (unpaired) electrons. The second kappa shape index (κ2) is 7.21. The zero-order valence-corrected chi connectivity index (χ0v) is 15.0. The van der Waals surface area contributed by atoms with Crippen molar-refractivity contribution in [2.45, 2.75) is 33.7 Å². The second-order valence-corrected chi connectivity index (χ2v) is 6.47. The Morgan fingerprint density at radius 3 is 2.54 bits per heavy atom. The number of likely N-dealkylation sites (N-methyl/N-ethyl adjacent to an activating group) is 1. The van der Waals surface area contributed by atoms with E-state index in [2.05, 4.69) is 57.3 Å². The molecule has 0 aliphatic carbocycles. The average molecular weight is 329 g/mol. The lowest BCUT2D eigenvalue weighted by Gasteiger charge is -2.35. The maximum absolute atomic E-state index is 5.24. The first kappa shape index (κ1) is 16.8. The SMILES string of the molecule is CCN1CCN(c2ccc(NC(C)c3nc(C)no3)c(C)c2)CC1. The average Bonchev–Trinajstić information content (AvgIpc) is 3.03. The van der Waals surface area contributed by atoms with Gasteiger partial charge in [0.2, 0.25) is 5.89 Å². The molecule has 0 saturated carbocycles. The molecule has 6 nitrogen and oxygen atoms in total. The van der Waals surface area contributed by atoms with Crippen LogP contribution in [0, 0.1) is 13.8 Å². The molecule has 1 saturated heterocycles. The quantitative estimate of drug-likeness (QED) is 0.910. The highest BCUT2D eigenvalue weighted by molar-refractivity contribution is 5.60. The Balaban J connectivity index is 1.66. The minimum Gasteiger partial charge on any atom is -0.374 e. The number of hydrogen-bond donors (Lipinski definition) is 1. The van der Waals surface area contributed by atoms with Gasteiger partial charge in [-0.1, -0.05) is 12.1 Å². The van der Waals surface area contributed by atoms with E-state index in [0.717, 1.165) is 38.4 Å². The van der Waals surface area contributed by atoms with Crippen molar-refractivity contribution in [1.82, 2.24) is 15.0 Å². The summed E-state index contributed by atoms with van der Waals surface area (Å²) in [5.41, 5.74) is 3.64. The highest BCUT2D eigenvalue weighted by atomic mass is 16.5. The Hall–Kier alpha value is -2.08. The van der Waals surface area contributed by atoms with E-state index < -0.39 is 0 Å². The zero-order chi connectivity index (χ0) is 17.1. The monoisotopic (exact) mass is 329 g/mol. The molecule has 1 atom stereocenters. The standard InChI is InChI=1S/C18H27N5O/c1-5-22-8-10-23(11-9-22)16-6-7-17(13(2)12-16)19-14(3)18-20-15(4)21-24-18/h6-7,12,14,19H,5,8-11H2,1-4H3. The number of rotatable bonds is 5. The van der Waals surface area contributed by atoms with Crippen LogP contribution in [0.1, 0.15) is 37.2 Å². The van der Waals surface area contributed by atoms with Gasteiger partial charge in [0.15, 0.2) is 5.82 Å². The highest BCUT2D eigenvalue weighted by Crippen LogP contribution is 2.26. The summed E-state index contributed by atoms with van der Waals surface area (Å²) in [4.78, 5) is 9.25. The Morgan fingerprint density at radius 2 is 1.96 bits per heavy atom. The van der Waals surface area contributed by atoms with Crippen LogP contribution in [0.15, 0.2) is 22.7 Å². The molecule has 1 fully saturated rings. The van der Waals surface area contributed by atoms with Crippen LogP contribution in [0.2, 0.25) is 0 Å². The number of aryl methyl sites for hydroxylation is 2. The summed E-state index contributed by atoms with van der Waals surface area (Å²) in [6.07, 6.45) is 0. The van der Waals surface area contributed by atoms with Gasteiger partial charge in [0, 0.05) is 37.6 Å². The van der Waals surface area contributed by atoms with E-state index in [1.54, 1.807) is 0 Å². The van der Waals surface area contributed by atoms with Gasteiger partial charge in [0.05, 0.1) is 0 Å². The van der Waals surface area contributed by atoms with Gasteiger partial charge in [0.1, 0.15) is 6.04 Å². The van der Waals surface area contributed by atoms with Crippen molar-refractivity contribution >= 4 is 11.4 Å². The van der Waals surface area contributed by atoms with Crippen LogP contribution in [-0.4, -0.2) is 47.8 Å². The van der Waals surface area contributed by atoms with E-state index in [-0.39, 0.29) is 6.04 Å². The second-order valence-electron chi connectivity index (χ2n) is 6.47. The molecular weight excluding hydrogens is 302 g/mol. The van der Waals surface area contributed by atoms with Gasteiger partial charge in [-0.25, -0.2) is 0 Å². The molecule has 1 aliphatic heterocycles. The lowest BCUT2D eigenvalue weighted by molar-refractivity contribution is 0.271. The first-order chi connectivity index (χ1) is 11.6. The maximum Gasteiger partial charge on any atom is 0.248 e. The molecule has 1 aromatic heterocycles. The van der Waals surface area contributed by atoms with E-state index >= 15 is 0 Å². The van der Waals surface area contributed by atoms with E-state index in [0.29, 0.717) is 11.7 Å². The predicted molar refractivity (Wildman–Crippen MR) is 96.6 cm³/mol. The Bertz CT molecular complexity index is 676. The smallest absolute Gasteiger partial charge is 0.248 e. The Morgan fingerprint density at radius 1 is 1.21 bits per heavy atom. The molecule has 3 rings (SSSR count). The summed E-state index contributed by atoms with van der Waals surface area (Å²) < 4.78 is 5.24. The summed E-state index contributed by atoms with van der Waals surface area (Å²) in [5, 5.41) is 7.32. The van der Waals surface area contributed by atoms with E-state index in [4.69, 9.17) is 4.52 Å². The van der Waals surface area contributed by atoms with Crippen LogP contribution in [0.4, 0.5) is 11.4 Å². The molecular formula is C18H27N5O. The third kappa shape index (κ3) is 3.70. The van der Waals surface area contributed by atoms with Crippen molar-refractivity contribution in [3.05, 3.63) is 35.5 Å². The first-order valence-electron chi connectivity index (χ1n) is 8.71. The maximum atomic E-state index is 5.24. The van der Waals surface area contributed by atoms with Gasteiger partial charge < -0.3 is 19.6 Å². The van der Waals surface area contributed by atoms with E-state index in [1.165, 1.54) is 11.3 Å². The first-order valence-corrected chi connectivity index (χ1v) is 8.71. The van der Waals surface area contributed by atoms with Gasteiger partial charge in [-0.15, -0.1) is 0 Å². The molecule has 2 heterocycles. The summed E-state index contributed by atoms with van der Waals surface area (Å²) in [5.74, 6) is 1.28. The number of benzene rings is 1. The Labute approximate surface area is 143 Å². The summed E-state index contributed by atoms with van der Waals surface area (Å²) in [7, 11) is 0. The fourth-order valence-electron chi connectivity index (χ4n) is 3.11. The van der Waals surface area contributed by atoms with Gasteiger partial charge in [-0.2, -0.15) is 4.98 Å². The normalized spacial score (nSPS) is 17.1. The van der Waals surface area contributed by atoms with Crippen LogP contribution < -0.4 is 10.2 Å². The highest BCUT2D eigenvalue weighted by Gasteiger charge is 2.17. The minimum atomic E-state index is -0.0103. The minimum absolute atomic E-state index is 0.0103. The van der Waals surface area contributed by atoms with Crippen molar-refractivity contribution < 1.29 is 4.52 Å². The van der Waals surface area contributed by atoms with E-state index in [1.807, 2.05) is 13.8 Å². The molecule has 24 heavy (non-hydrogen) atoms. The van der Waals surface area contributed by atoms with Crippen LogP contribution in [0.25, 0.3) is 0 Å². The number of aromatic nitrogens is 2. The largest absolute Gasteiger partial charge is 0.374 e. The Kier molecular flexibility index (Phi) is 5.04. The van der Waals surface area contributed by atoms with Gasteiger partial charge in [-0.3, -0.25) is 0 Å². The van der Waals surface area contributed by atoms with Crippen LogP contribution >= 0.6 is 0 Å². The number of piperazine rings is 1. The van der Waals surface area contributed by atoms with Gasteiger partial charge in [-0.05, 0) is 51.1 Å². The zero-order valence-electron chi connectivity index (χ0n) is 15.0. The fraction of sp³-hybridized carbons (Fsp3) is 0.556. The third-order valence-corrected chi connectivity index (χ3v) is 4.68. The number of nitrogens with zero attached hydrogens (tertiary/aromatic N) is 4. The van der Waals surface area contributed by atoms with Crippen LogP contribution in [0.3, 0.4) is 0 Å². The molecule has 1 N–H and O–H groups in total. The fourth-order valence-corrected chi connectivity index (χ4v) is 3.11. The molecule has 1 aliphatic rings. The van der Waals surface area contributed by atoms with Crippen LogP contribution in [-0.2, 0) is 0 Å². The predicted octanol–water partition coefficient (Wildman–Crippen LogP) is 3.00. The molecule has 0 amide bonds. The number of anilines is 2. The molecule has 130 valence electrons. The molecule has 1 aromatic carbocycles. The van der Waals surface area contributed by atoms with Gasteiger partial charge in [0.25, 0.3) is 0 Å². The summed E-state index contributed by atoms with van der Waals surface area (Å²) >= 11 is 0. The van der Waals surface area contributed by atoms with Crippen molar-refractivity contribution in [2.75, 3.05) is 42.9 Å². The van der Waals surface area contributed by atoms with Crippen molar-refractivity contribution in [3.63, 3.8) is 0 Å². The van der Waals surface area contributed by atoms with Crippen LogP contribution in [0.5, 0.6) is 0 Å². The molecule has 0 bridgehead atoms. The molecule has 2 aromatic rings. The number of nitrogens with one attached hydrogen (secondary N) is 1. The third-order valence-electron chi connectivity index (χ3n) is 4.68. The van der Waals surface area contributed by atoms with E-state index in [9.17, 15) is 0 Å². The lowest BCUT2D eigenvalue weighted by Crippen LogP contribution is -2.46. The van der Waals surface area contributed by atoms with Crippen molar-refractivity contribution in [2.24, 2.45) is 0 Å². The van der Waals surface area contributed by atoms with Crippen molar-refractivity contribution in [3.8, 4) is 0 Å². The number of hydrogen-bond acceptors (Lipinski definition) is 6. The topological polar surface area (TPSA) is 57.4 Å². The molecule has 6 heteroatoms. The molecule has 1 unspecified atom stereocenters. The lowest BCUT2D eigenvalue weighted by atomic mass is 10.1. The van der Waals surface area contributed by atoms with Crippen molar-refractivity contribution in [1.29, 1.82) is 0 Å². The summed E-state index contributed by atoms with van der Waals surface area (Å²) in [6.45, 7) is 13.8.